The van der Waals surface area contributed by atoms with Crippen LogP contribution in [0.1, 0.15) is 27.2 Å². The highest BCUT2D eigenvalue weighted by Gasteiger charge is 2.16. The van der Waals surface area contributed by atoms with Gasteiger partial charge in [-0.1, -0.05) is 6.92 Å². The fourth-order valence-electron chi connectivity index (χ4n) is 1.95. The van der Waals surface area contributed by atoms with Crippen LogP contribution >= 0.6 is 0 Å². The zero-order valence-electron chi connectivity index (χ0n) is 10.7. The Morgan fingerprint density at radius 3 is 2.27 bits per heavy atom. The molecule has 0 bridgehead atoms. The summed E-state index contributed by atoms with van der Waals surface area (Å²) in [5.41, 5.74) is 1.20. The molecule has 88 valence electrons. The summed E-state index contributed by atoms with van der Waals surface area (Å²) in [5, 5.41) is 0. The van der Waals surface area contributed by atoms with Crippen molar-refractivity contribution in [3.8, 4) is 0 Å². The van der Waals surface area contributed by atoms with Crippen molar-refractivity contribution in [1.82, 2.24) is 9.80 Å². The Kier molecular flexibility index (Phi) is 5.26. The Labute approximate surface area is 94.2 Å². The lowest BCUT2D eigenvalue weighted by Gasteiger charge is -2.33. The molecule has 1 unspecified atom stereocenters. The summed E-state index contributed by atoms with van der Waals surface area (Å²) >= 11 is 0. The van der Waals surface area contributed by atoms with Gasteiger partial charge in [0.05, 0.1) is 6.04 Å². The van der Waals surface area contributed by atoms with Crippen molar-refractivity contribution in [3.05, 3.63) is 0 Å². The second-order valence-electron chi connectivity index (χ2n) is 4.74. The summed E-state index contributed by atoms with van der Waals surface area (Å²) in [6, 6.07) is 0.499. The van der Waals surface area contributed by atoms with Crippen LogP contribution < -0.4 is 0 Å². The predicted octanol–water partition coefficient (Wildman–Crippen LogP) is 1.49. The lowest BCUT2D eigenvalue weighted by Crippen LogP contribution is -2.46. The molecule has 1 saturated heterocycles. The first-order valence-electron chi connectivity index (χ1n) is 6.03. The maximum atomic E-state index is 4.67. The molecule has 0 N–H and O–H groups in total. The van der Waals surface area contributed by atoms with Gasteiger partial charge in [-0.3, -0.25) is 9.89 Å². The quantitative estimate of drug-likeness (QED) is 0.656. The van der Waals surface area contributed by atoms with Crippen LogP contribution in [-0.2, 0) is 0 Å². The first-order chi connectivity index (χ1) is 7.11. The topological polar surface area (TPSA) is 18.8 Å². The van der Waals surface area contributed by atoms with Crippen LogP contribution in [0.5, 0.6) is 0 Å². The lowest BCUT2D eigenvalue weighted by atomic mass is 10.2. The van der Waals surface area contributed by atoms with E-state index < -0.39 is 0 Å². The van der Waals surface area contributed by atoms with Crippen LogP contribution in [0.4, 0.5) is 0 Å². The number of hydrogen-bond acceptors (Lipinski definition) is 3. The largest absolute Gasteiger partial charge is 0.304 e. The summed E-state index contributed by atoms with van der Waals surface area (Å²) in [6.45, 7) is 12.3. The minimum Gasteiger partial charge on any atom is -0.304 e. The van der Waals surface area contributed by atoms with E-state index in [1.54, 1.807) is 0 Å². The van der Waals surface area contributed by atoms with Gasteiger partial charge < -0.3 is 4.90 Å². The van der Waals surface area contributed by atoms with Crippen LogP contribution in [0.25, 0.3) is 0 Å². The first-order valence-corrected chi connectivity index (χ1v) is 6.03. The molecular weight excluding hydrogens is 186 g/mol. The van der Waals surface area contributed by atoms with Crippen LogP contribution in [0.2, 0.25) is 0 Å². The lowest BCUT2D eigenvalue weighted by molar-refractivity contribution is 0.147. The molecule has 0 aromatic carbocycles. The molecule has 1 rings (SSSR count). The van der Waals surface area contributed by atoms with Crippen LogP contribution in [0.3, 0.4) is 0 Å². The SMILES string of the molecule is CCC(CN1CCN(C)CC1)N=C(C)C. The molecule has 1 aliphatic rings. The highest BCUT2D eigenvalue weighted by Crippen LogP contribution is 2.05. The summed E-state index contributed by atoms with van der Waals surface area (Å²) < 4.78 is 0. The monoisotopic (exact) mass is 211 g/mol. The van der Waals surface area contributed by atoms with E-state index in [4.69, 9.17) is 0 Å². The van der Waals surface area contributed by atoms with Crippen molar-refractivity contribution in [2.75, 3.05) is 39.8 Å². The molecule has 3 nitrogen and oxygen atoms in total. The fourth-order valence-corrected chi connectivity index (χ4v) is 1.95. The average Bonchev–Trinajstić information content (AvgIpc) is 2.19. The Bertz CT molecular complexity index is 201. The standard InChI is InChI=1S/C12H25N3/c1-5-12(13-11(2)3)10-15-8-6-14(4)7-9-15/h12H,5-10H2,1-4H3. The third-order valence-electron chi connectivity index (χ3n) is 2.98. The van der Waals surface area contributed by atoms with Gasteiger partial charge in [-0.05, 0) is 27.3 Å². The molecule has 0 radical (unpaired) electrons. The van der Waals surface area contributed by atoms with E-state index in [1.807, 2.05) is 0 Å². The Hall–Kier alpha value is -0.410. The van der Waals surface area contributed by atoms with Crippen molar-refractivity contribution in [1.29, 1.82) is 0 Å². The van der Waals surface area contributed by atoms with Gasteiger partial charge in [0, 0.05) is 38.4 Å². The highest BCUT2D eigenvalue weighted by molar-refractivity contribution is 5.79. The molecule has 0 amide bonds. The van der Waals surface area contributed by atoms with Gasteiger partial charge in [-0.2, -0.15) is 0 Å². The molecule has 0 aromatic rings. The summed E-state index contributed by atoms with van der Waals surface area (Å²) in [4.78, 5) is 9.61. The third-order valence-corrected chi connectivity index (χ3v) is 2.98. The van der Waals surface area contributed by atoms with Crippen molar-refractivity contribution < 1.29 is 0 Å². The van der Waals surface area contributed by atoms with Gasteiger partial charge in [0.2, 0.25) is 0 Å². The Morgan fingerprint density at radius 2 is 1.80 bits per heavy atom. The highest BCUT2D eigenvalue weighted by atomic mass is 15.2. The molecule has 15 heavy (non-hydrogen) atoms. The normalized spacial score (nSPS) is 21.3. The van der Waals surface area contributed by atoms with Gasteiger partial charge in [0.25, 0.3) is 0 Å². The molecule has 0 aromatic heterocycles. The molecule has 1 fully saturated rings. The van der Waals surface area contributed by atoms with E-state index in [0.717, 1.165) is 13.0 Å². The molecule has 3 heteroatoms. The predicted molar refractivity (Wildman–Crippen MR) is 66.8 cm³/mol. The summed E-state index contributed by atoms with van der Waals surface area (Å²) in [7, 11) is 2.20. The van der Waals surface area contributed by atoms with Gasteiger partial charge in [-0.25, -0.2) is 0 Å². The van der Waals surface area contributed by atoms with E-state index in [9.17, 15) is 0 Å². The van der Waals surface area contributed by atoms with E-state index in [0.29, 0.717) is 6.04 Å². The number of rotatable bonds is 4. The van der Waals surface area contributed by atoms with Gasteiger partial charge in [0.1, 0.15) is 0 Å². The van der Waals surface area contributed by atoms with Crippen molar-refractivity contribution in [2.45, 2.75) is 33.2 Å². The van der Waals surface area contributed by atoms with Gasteiger partial charge in [-0.15, -0.1) is 0 Å². The van der Waals surface area contributed by atoms with E-state index in [1.165, 1.54) is 31.9 Å². The van der Waals surface area contributed by atoms with Crippen LogP contribution in [0.15, 0.2) is 4.99 Å². The maximum absolute atomic E-state index is 4.67. The number of aliphatic imine (C=N–C) groups is 1. The molecule has 1 atom stereocenters. The number of piperazine rings is 1. The van der Waals surface area contributed by atoms with Crippen molar-refractivity contribution in [3.63, 3.8) is 0 Å². The molecule has 0 saturated carbocycles. The van der Waals surface area contributed by atoms with E-state index in [-0.39, 0.29) is 0 Å². The van der Waals surface area contributed by atoms with Crippen molar-refractivity contribution in [2.24, 2.45) is 4.99 Å². The minimum absolute atomic E-state index is 0.499. The zero-order valence-corrected chi connectivity index (χ0v) is 10.7. The molecule has 0 aliphatic carbocycles. The zero-order chi connectivity index (χ0) is 11.3. The Morgan fingerprint density at radius 1 is 1.20 bits per heavy atom. The van der Waals surface area contributed by atoms with E-state index in [2.05, 4.69) is 42.6 Å². The minimum atomic E-state index is 0.499. The first kappa shape index (κ1) is 12.7. The van der Waals surface area contributed by atoms with Crippen LogP contribution in [-0.4, -0.2) is 61.3 Å². The number of hydrogen-bond donors (Lipinski definition) is 0. The molecule has 0 spiro atoms. The van der Waals surface area contributed by atoms with Gasteiger partial charge in [0.15, 0.2) is 0 Å². The smallest absolute Gasteiger partial charge is 0.0623 e. The number of nitrogens with zero attached hydrogens (tertiary/aromatic N) is 3. The number of likely N-dealkylation sites (N-methyl/N-ethyl adjacent to an activating group) is 1. The second-order valence-corrected chi connectivity index (χ2v) is 4.74. The molecule has 1 aliphatic heterocycles. The van der Waals surface area contributed by atoms with Crippen molar-refractivity contribution >= 4 is 5.71 Å². The average molecular weight is 211 g/mol. The van der Waals surface area contributed by atoms with E-state index >= 15 is 0 Å². The molecular formula is C12H25N3. The Balaban J connectivity index is 2.35. The summed E-state index contributed by atoms with van der Waals surface area (Å²) in [5.74, 6) is 0. The van der Waals surface area contributed by atoms with Gasteiger partial charge >= 0.3 is 0 Å². The maximum Gasteiger partial charge on any atom is 0.0623 e. The second kappa shape index (κ2) is 6.23. The fraction of sp³-hybridized carbons (Fsp3) is 0.917. The van der Waals surface area contributed by atoms with Crippen LogP contribution in [0, 0.1) is 0 Å². The molecule has 1 heterocycles. The summed E-state index contributed by atoms with van der Waals surface area (Å²) in [6.07, 6.45) is 1.15. The third kappa shape index (κ3) is 4.76.